The van der Waals surface area contributed by atoms with E-state index in [0.717, 1.165) is 11.4 Å². The van der Waals surface area contributed by atoms with Crippen LogP contribution >= 0.6 is 35.0 Å². The fourth-order valence-electron chi connectivity index (χ4n) is 2.21. The van der Waals surface area contributed by atoms with Crippen LogP contribution in [0.1, 0.15) is 18.3 Å². The third-order valence-electron chi connectivity index (χ3n) is 3.36. The van der Waals surface area contributed by atoms with Crippen LogP contribution in [0, 0.1) is 13.8 Å². The average molecular weight is 397 g/mol. The van der Waals surface area contributed by atoms with Crippen LogP contribution in [0.15, 0.2) is 23.5 Å². The Morgan fingerprint density at radius 1 is 1.28 bits per heavy atom. The molecule has 25 heavy (non-hydrogen) atoms. The Morgan fingerprint density at radius 3 is 2.76 bits per heavy atom. The minimum atomic E-state index is -0.443. The summed E-state index contributed by atoms with van der Waals surface area (Å²) >= 11 is 13.1. The minimum absolute atomic E-state index is 0.254. The van der Waals surface area contributed by atoms with E-state index in [1.807, 2.05) is 24.3 Å². The van der Waals surface area contributed by atoms with E-state index in [9.17, 15) is 4.79 Å². The predicted octanol–water partition coefficient (Wildman–Crippen LogP) is 3.56. The zero-order valence-electron chi connectivity index (χ0n) is 13.6. The molecule has 0 aliphatic rings. The normalized spacial score (nSPS) is 12.4. The van der Waals surface area contributed by atoms with Gasteiger partial charge in [-0.05, 0) is 32.9 Å². The molecule has 130 valence electrons. The van der Waals surface area contributed by atoms with Gasteiger partial charge < -0.3 is 5.32 Å². The number of hydrogen-bond donors (Lipinski definition) is 1. The summed E-state index contributed by atoms with van der Waals surface area (Å²) in [6.45, 7) is 5.60. The number of carbonyl (C=O) groups excluding carboxylic acids is 1. The Bertz CT molecular complexity index is 961. The number of carbonyl (C=O) groups is 1. The van der Waals surface area contributed by atoms with Crippen LogP contribution in [-0.4, -0.2) is 35.7 Å². The van der Waals surface area contributed by atoms with Crippen LogP contribution in [0.5, 0.6) is 0 Å². The predicted molar refractivity (Wildman–Crippen MR) is 98.5 cm³/mol. The molecule has 3 aromatic heterocycles. The first kappa shape index (κ1) is 17.9. The van der Waals surface area contributed by atoms with Crippen molar-refractivity contribution in [3.8, 4) is 0 Å². The van der Waals surface area contributed by atoms with Crippen molar-refractivity contribution in [1.29, 1.82) is 0 Å². The monoisotopic (exact) mass is 396 g/mol. The minimum Gasteiger partial charge on any atom is -0.308 e. The van der Waals surface area contributed by atoms with Crippen LogP contribution in [0.25, 0.3) is 5.78 Å². The highest BCUT2D eigenvalue weighted by Crippen LogP contribution is 2.26. The molecule has 1 unspecified atom stereocenters. The van der Waals surface area contributed by atoms with Gasteiger partial charge in [0, 0.05) is 17.6 Å². The highest BCUT2D eigenvalue weighted by molar-refractivity contribution is 8.00. The summed E-state index contributed by atoms with van der Waals surface area (Å²) in [5.74, 6) is 0.523. The quantitative estimate of drug-likeness (QED) is 0.678. The third-order valence-corrected chi connectivity index (χ3v) is 4.90. The van der Waals surface area contributed by atoms with Gasteiger partial charge in [-0.3, -0.25) is 9.20 Å². The molecule has 10 heteroatoms. The molecule has 0 aliphatic carbocycles. The smallest absolute Gasteiger partial charge is 0.256 e. The second kappa shape index (κ2) is 7.15. The molecule has 0 saturated heterocycles. The van der Waals surface area contributed by atoms with Crippen molar-refractivity contribution < 1.29 is 4.79 Å². The Kier molecular flexibility index (Phi) is 5.12. The number of amides is 1. The molecule has 0 bridgehead atoms. The lowest BCUT2D eigenvalue weighted by molar-refractivity contribution is -0.115. The molecule has 0 spiro atoms. The van der Waals surface area contributed by atoms with Crippen molar-refractivity contribution in [1.82, 2.24) is 24.6 Å². The zero-order valence-corrected chi connectivity index (χ0v) is 15.9. The number of pyridine rings is 1. The van der Waals surface area contributed by atoms with Crippen LogP contribution in [0.4, 0.5) is 5.82 Å². The molecule has 3 rings (SSSR count). The maximum atomic E-state index is 12.4. The summed E-state index contributed by atoms with van der Waals surface area (Å²) in [6, 6.07) is 3.45. The molecule has 7 nitrogen and oxygen atoms in total. The second-order valence-corrected chi connectivity index (χ2v) is 7.54. The van der Waals surface area contributed by atoms with E-state index in [1.54, 1.807) is 6.92 Å². The van der Waals surface area contributed by atoms with Gasteiger partial charge in [-0.25, -0.2) is 9.97 Å². The van der Waals surface area contributed by atoms with Crippen molar-refractivity contribution in [3.63, 3.8) is 0 Å². The summed E-state index contributed by atoms with van der Waals surface area (Å²) in [5.41, 5.74) is 1.81. The average Bonchev–Trinajstić information content (AvgIpc) is 2.92. The number of nitrogens with zero attached hydrogens (tertiary/aromatic N) is 5. The van der Waals surface area contributed by atoms with Gasteiger partial charge in [-0.2, -0.15) is 0 Å². The maximum absolute atomic E-state index is 12.4. The molecule has 1 atom stereocenters. The summed E-state index contributed by atoms with van der Waals surface area (Å²) in [7, 11) is 0. The van der Waals surface area contributed by atoms with Crippen LogP contribution < -0.4 is 5.32 Å². The van der Waals surface area contributed by atoms with Crippen molar-refractivity contribution >= 4 is 52.5 Å². The molecule has 0 aromatic carbocycles. The van der Waals surface area contributed by atoms with Gasteiger partial charge in [0.25, 0.3) is 5.78 Å². The number of thioether (sulfide) groups is 1. The Morgan fingerprint density at radius 2 is 2.04 bits per heavy atom. The van der Waals surface area contributed by atoms with Crippen molar-refractivity contribution in [3.05, 3.63) is 39.8 Å². The van der Waals surface area contributed by atoms with Crippen molar-refractivity contribution in [2.75, 3.05) is 5.32 Å². The molecule has 0 radical (unpaired) electrons. The topological polar surface area (TPSA) is 85.1 Å². The lowest BCUT2D eigenvalue weighted by Gasteiger charge is -2.12. The highest BCUT2D eigenvalue weighted by Gasteiger charge is 2.20. The molecule has 0 fully saturated rings. The lowest BCUT2D eigenvalue weighted by Crippen LogP contribution is -2.23. The number of fused-ring (bicyclic) bond motifs is 1. The molecule has 1 amide bonds. The summed E-state index contributed by atoms with van der Waals surface area (Å²) in [5, 5.41) is 11.7. The van der Waals surface area contributed by atoms with E-state index >= 15 is 0 Å². The zero-order chi connectivity index (χ0) is 18.1. The van der Waals surface area contributed by atoms with Crippen molar-refractivity contribution in [2.24, 2.45) is 0 Å². The fraction of sp³-hybridized carbons (Fsp3) is 0.267. The largest absolute Gasteiger partial charge is 0.308 e. The van der Waals surface area contributed by atoms with Gasteiger partial charge in [-0.15, -0.1) is 10.2 Å². The second-order valence-electron chi connectivity index (χ2n) is 5.39. The molecule has 0 saturated carbocycles. The highest BCUT2D eigenvalue weighted by atomic mass is 35.5. The van der Waals surface area contributed by atoms with Crippen LogP contribution in [0.3, 0.4) is 0 Å². The Labute approximate surface area is 158 Å². The van der Waals surface area contributed by atoms with Crippen LogP contribution in [-0.2, 0) is 4.79 Å². The van der Waals surface area contributed by atoms with E-state index in [4.69, 9.17) is 23.2 Å². The van der Waals surface area contributed by atoms with Crippen LogP contribution in [0.2, 0.25) is 10.0 Å². The molecule has 3 heterocycles. The van der Waals surface area contributed by atoms with Gasteiger partial charge in [0.15, 0.2) is 11.0 Å². The third kappa shape index (κ3) is 3.86. The first-order chi connectivity index (χ1) is 11.8. The Hall–Kier alpha value is -1.90. The van der Waals surface area contributed by atoms with Crippen molar-refractivity contribution in [2.45, 2.75) is 31.2 Å². The van der Waals surface area contributed by atoms with E-state index < -0.39 is 5.25 Å². The molecule has 0 aliphatic heterocycles. The fourth-order valence-corrected chi connectivity index (χ4v) is 3.54. The maximum Gasteiger partial charge on any atom is 0.256 e. The van der Waals surface area contributed by atoms with Gasteiger partial charge in [-0.1, -0.05) is 35.0 Å². The standard InChI is InChI=1S/C15H14Cl2N6OS/c1-7-4-8(2)23-14(19-7)21-22-15(23)25-9(3)13(24)20-12-11(17)5-10(16)6-18-12/h4-6,9H,1-3H3,(H,18,20,24). The molecular formula is C15H14Cl2N6OS. The number of hydrogen-bond acceptors (Lipinski definition) is 6. The van der Waals surface area contributed by atoms with Gasteiger partial charge in [0.2, 0.25) is 5.91 Å². The first-order valence-corrected chi connectivity index (χ1v) is 8.96. The number of nitrogens with one attached hydrogen (secondary N) is 1. The number of rotatable bonds is 4. The number of anilines is 1. The Balaban J connectivity index is 1.78. The summed E-state index contributed by atoms with van der Waals surface area (Å²) in [4.78, 5) is 20.8. The SMILES string of the molecule is Cc1cc(C)n2c(SC(C)C(=O)Nc3ncc(Cl)cc3Cl)nnc2n1. The number of aromatic nitrogens is 5. The molecule has 3 aromatic rings. The summed E-state index contributed by atoms with van der Waals surface area (Å²) < 4.78 is 1.81. The van der Waals surface area contributed by atoms with E-state index in [2.05, 4.69) is 25.5 Å². The number of aryl methyl sites for hydroxylation is 2. The molecular weight excluding hydrogens is 383 g/mol. The van der Waals surface area contributed by atoms with E-state index in [0.29, 0.717) is 16.0 Å². The van der Waals surface area contributed by atoms with Gasteiger partial charge in [0.1, 0.15) is 0 Å². The summed E-state index contributed by atoms with van der Waals surface area (Å²) in [6.07, 6.45) is 1.42. The number of halogens is 2. The first-order valence-electron chi connectivity index (χ1n) is 7.33. The van der Waals surface area contributed by atoms with Gasteiger partial charge >= 0.3 is 0 Å². The lowest BCUT2D eigenvalue weighted by atomic mass is 10.3. The van der Waals surface area contributed by atoms with E-state index in [1.165, 1.54) is 24.0 Å². The van der Waals surface area contributed by atoms with E-state index in [-0.39, 0.29) is 16.7 Å². The van der Waals surface area contributed by atoms with Gasteiger partial charge in [0.05, 0.1) is 15.3 Å². The molecule has 1 N–H and O–H groups in total.